The molecule has 0 aliphatic carbocycles. The molecule has 3 fully saturated rings. The molecule has 4 nitrogen and oxygen atoms in total. The lowest BCUT2D eigenvalue weighted by Gasteiger charge is -2.49. The van der Waals surface area contributed by atoms with Crippen LogP contribution in [0.3, 0.4) is 0 Å². The van der Waals surface area contributed by atoms with Gasteiger partial charge in [0.05, 0.1) is 0 Å². The van der Waals surface area contributed by atoms with Gasteiger partial charge in [-0.25, -0.2) is 0 Å². The van der Waals surface area contributed by atoms with E-state index >= 15 is 0 Å². The highest BCUT2D eigenvalue weighted by Crippen LogP contribution is 2.33. The molecule has 0 bridgehead atoms. The molecular weight excluding hydrogens is 260 g/mol. The third-order valence-electron chi connectivity index (χ3n) is 6.32. The molecular formula is C17H34N4. The zero-order valence-electron chi connectivity index (χ0n) is 14.1. The Bertz CT molecular complexity index is 346. The molecule has 3 saturated heterocycles. The highest BCUT2D eigenvalue weighted by Gasteiger charge is 2.42. The van der Waals surface area contributed by atoms with Gasteiger partial charge >= 0.3 is 0 Å². The summed E-state index contributed by atoms with van der Waals surface area (Å²) in [6.07, 6.45) is 6.65. The van der Waals surface area contributed by atoms with Crippen molar-refractivity contribution in [3.05, 3.63) is 0 Å². The lowest BCUT2D eigenvalue weighted by molar-refractivity contribution is 0.00927. The van der Waals surface area contributed by atoms with E-state index in [1.807, 2.05) is 0 Å². The van der Waals surface area contributed by atoms with E-state index in [9.17, 15) is 0 Å². The SMILES string of the molecule is CC(C)N1CCCC(CN)(N2CCN3CCCC3C2)CC1. The molecule has 3 heterocycles. The maximum atomic E-state index is 6.32. The molecule has 2 N–H and O–H groups in total. The van der Waals surface area contributed by atoms with Crippen molar-refractivity contribution in [3.8, 4) is 0 Å². The van der Waals surface area contributed by atoms with Gasteiger partial charge in [0, 0.05) is 50.3 Å². The molecule has 0 aromatic carbocycles. The van der Waals surface area contributed by atoms with Gasteiger partial charge in [-0.15, -0.1) is 0 Å². The smallest absolute Gasteiger partial charge is 0.0345 e. The normalized spacial score (nSPS) is 36.9. The van der Waals surface area contributed by atoms with Gasteiger partial charge in [0.1, 0.15) is 0 Å². The van der Waals surface area contributed by atoms with E-state index in [4.69, 9.17) is 5.73 Å². The molecule has 4 heteroatoms. The zero-order chi connectivity index (χ0) is 14.9. The second-order valence-corrected chi connectivity index (χ2v) is 7.69. The van der Waals surface area contributed by atoms with Crippen LogP contribution in [0.2, 0.25) is 0 Å². The quantitative estimate of drug-likeness (QED) is 0.852. The summed E-state index contributed by atoms with van der Waals surface area (Å²) < 4.78 is 0. The largest absolute Gasteiger partial charge is 0.329 e. The summed E-state index contributed by atoms with van der Waals surface area (Å²) >= 11 is 0. The van der Waals surface area contributed by atoms with E-state index in [2.05, 4.69) is 28.5 Å². The van der Waals surface area contributed by atoms with Crippen LogP contribution in [0.15, 0.2) is 0 Å². The van der Waals surface area contributed by atoms with E-state index in [0.29, 0.717) is 6.04 Å². The Balaban J connectivity index is 1.68. The maximum Gasteiger partial charge on any atom is 0.0345 e. The lowest BCUT2D eigenvalue weighted by Crippen LogP contribution is -2.62. The summed E-state index contributed by atoms with van der Waals surface area (Å²) in [5.41, 5.74) is 6.60. The second-order valence-electron chi connectivity index (χ2n) is 7.69. The molecule has 0 spiro atoms. The fraction of sp³-hybridized carbons (Fsp3) is 1.00. The topological polar surface area (TPSA) is 35.7 Å². The number of fused-ring (bicyclic) bond motifs is 1. The third kappa shape index (κ3) is 3.14. The summed E-state index contributed by atoms with van der Waals surface area (Å²) in [6, 6.07) is 1.48. The van der Waals surface area contributed by atoms with Crippen LogP contribution in [0.4, 0.5) is 0 Å². The van der Waals surface area contributed by atoms with Gasteiger partial charge in [-0.05, 0) is 59.0 Å². The van der Waals surface area contributed by atoms with Crippen LogP contribution in [-0.2, 0) is 0 Å². The minimum atomic E-state index is 0.276. The van der Waals surface area contributed by atoms with Gasteiger partial charge in [-0.2, -0.15) is 0 Å². The Hall–Kier alpha value is -0.160. The molecule has 21 heavy (non-hydrogen) atoms. The molecule has 0 aromatic heterocycles. The molecule has 2 atom stereocenters. The Morgan fingerprint density at radius 3 is 2.67 bits per heavy atom. The number of likely N-dealkylation sites (tertiary alicyclic amines) is 1. The van der Waals surface area contributed by atoms with Gasteiger partial charge in [0.15, 0.2) is 0 Å². The van der Waals surface area contributed by atoms with Crippen LogP contribution in [0, 0.1) is 0 Å². The van der Waals surface area contributed by atoms with Crippen LogP contribution < -0.4 is 5.73 Å². The first-order chi connectivity index (χ1) is 10.1. The standard InChI is InChI=1S/C17H34N4/c1-15(2)19-9-4-6-17(14-18,7-10-19)21-12-11-20-8-3-5-16(20)13-21/h15-16H,3-14,18H2,1-2H3. The number of piperazine rings is 1. The van der Waals surface area contributed by atoms with Gasteiger partial charge in [0.25, 0.3) is 0 Å². The molecule has 0 aromatic rings. The van der Waals surface area contributed by atoms with Crippen molar-refractivity contribution in [2.24, 2.45) is 5.73 Å². The third-order valence-corrected chi connectivity index (χ3v) is 6.32. The highest BCUT2D eigenvalue weighted by atomic mass is 15.3. The van der Waals surface area contributed by atoms with E-state index in [1.165, 1.54) is 71.4 Å². The zero-order valence-corrected chi connectivity index (χ0v) is 14.1. The van der Waals surface area contributed by atoms with Crippen molar-refractivity contribution < 1.29 is 0 Å². The number of rotatable bonds is 3. The predicted molar refractivity (Wildman–Crippen MR) is 88.5 cm³/mol. The number of hydrogen-bond acceptors (Lipinski definition) is 4. The van der Waals surface area contributed by atoms with Gasteiger partial charge in [0.2, 0.25) is 0 Å². The first-order valence-corrected chi connectivity index (χ1v) is 9.08. The number of nitrogens with two attached hydrogens (primary N) is 1. The predicted octanol–water partition coefficient (Wildman–Crippen LogP) is 1.36. The summed E-state index contributed by atoms with van der Waals surface area (Å²) in [5.74, 6) is 0. The Kier molecular flexibility index (Phi) is 4.89. The summed E-state index contributed by atoms with van der Waals surface area (Å²) in [5, 5.41) is 0. The van der Waals surface area contributed by atoms with Crippen LogP contribution in [-0.4, -0.2) is 78.1 Å². The average Bonchev–Trinajstić information content (AvgIpc) is 2.84. The lowest BCUT2D eigenvalue weighted by atomic mass is 9.87. The Morgan fingerprint density at radius 1 is 1.05 bits per heavy atom. The van der Waals surface area contributed by atoms with E-state index in [1.54, 1.807) is 0 Å². The minimum Gasteiger partial charge on any atom is -0.329 e. The van der Waals surface area contributed by atoms with Crippen molar-refractivity contribution in [3.63, 3.8) is 0 Å². The fourth-order valence-corrected chi connectivity index (χ4v) is 4.79. The second kappa shape index (κ2) is 6.53. The minimum absolute atomic E-state index is 0.276. The number of hydrogen-bond donors (Lipinski definition) is 1. The fourth-order valence-electron chi connectivity index (χ4n) is 4.79. The maximum absolute atomic E-state index is 6.32. The average molecular weight is 294 g/mol. The van der Waals surface area contributed by atoms with Crippen LogP contribution in [0.25, 0.3) is 0 Å². The molecule has 3 aliphatic heterocycles. The molecule has 122 valence electrons. The molecule has 3 rings (SSSR count). The first kappa shape index (κ1) is 15.7. The highest BCUT2D eigenvalue weighted by molar-refractivity contribution is 4.99. The van der Waals surface area contributed by atoms with E-state index in [0.717, 1.165) is 12.6 Å². The van der Waals surface area contributed by atoms with Crippen molar-refractivity contribution in [1.82, 2.24) is 14.7 Å². The Morgan fingerprint density at radius 2 is 1.90 bits per heavy atom. The van der Waals surface area contributed by atoms with E-state index < -0.39 is 0 Å². The summed E-state index contributed by atoms with van der Waals surface area (Å²) in [6.45, 7) is 13.1. The summed E-state index contributed by atoms with van der Waals surface area (Å²) in [7, 11) is 0. The van der Waals surface area contributed by atoms with Gasteiger partial charge in [-0.1, -0.05) is 0 Å². The van der Waals surface area contributed by atoms with Crippen LogP contribution in [0.5, 0.6) is 0 Å². The Labute approximate surface area is 130 Å². The van der Waals surface area contributed by atoms with Crippen molar-refractivity contribution in [2.75, 3.05) is 45.8 Å². The van der Waals surface area contributed by atoms with Crippen LogP contribution in [0.1, 0.15) is 46.0 Å². The monoisotopic (exact) mass is 294 g/mol. The number of nitrogens with zero attached hydrogens (tertiary/aromatic N) is 3. The molecule has 2 unspecified atom stereocenters. The summed E-state index contributed by atoms with van der Waals surface area (Å²) in [4.78, 5) is 8.13. The first-order valence-electron chi connectivity index (χ1n) is 9.08. The molecule has 0 saturated carbocycles. The van der Waals surface area contributed by atoms with E-state index in [-0.39, 0.29) is 5.54 Å². The van der Waals surface area contributed by atoms with Gasteiger partial charge < -0.3 is 10.6 Å². The van der Waals surface area contributed by atoms with Crippen molar-refractivity contribution in [1.29, 1.82) is 0 Å². The molecule has 0 radical (unpaired) electrons. The molecule has 3 aliphatic rings. The molecule has 0 amide bonds. The van der Waals surface area contributed by atoms with Gasteiger partial charge in [-0.3, -0.25) is 9.80 Å². The van der Waals surface area contributed by atoms with Crippen LogP contribution >= 0.6 is 0 Å². The van der Waals surface area contributed by atoms with Crippen molar-refractivity contribution in [2.45, 2.75) is 63.6 Å². The van der Waals surface area contributed by atoms with Crippen molar-refractivity contribution >= 4 is 0 Å².